The minimum Gasteiger partial charge on any atom is -0.346 e. The predicted molar refractivity (Wildman–Crippen MR) is 92.3 cm³/mol. The fraction of sp³-hybridized carbons (Fsp3) is 0.812. The molecule has 1 saturated heterocycles. The van der Waals surface area contributed by atoms with Gasteiger partial charge in [-0.2, -0.15) is 0 Å². The minimum absolute atomic E-state index is 0.387. The number of rotatable bonds is 8. The largest absolute Gasteiger partial charge is 0.346 e. The van der Waals surface area contributed by atoms with Gasteiger partial charge in [0.05, 0.1) is 0 Å². The molecule has 1 unspecified atom stereocenters. The summed E-state index contributed by atoms with van der Waals surface area (Å²) in [6.07, 6.45) is 4.35. The molecule has 0 radical (unpaired) electrons. The highest BCUT2D eigenvalue weighted by Gasteiger charge is 2.27. The van der Waals surface area contributed by atoms with Crippen molar-refractivity contribution >= 4 is 16.5 Å². The van der Waals surface area contributed by atoms with Crippen molar-refractivity contribution in [3.63, 3.8) is 0 Å². The van der Waals surface area contributed by atoms with Crippen LogP contribution < -0.4 is 10.2 Å². The first-order valence-corrected chi connectivity index (χ1v) is 9.12. The van der Waals surface area contributed by atoms with E-state index in [9.17, 15) is 0 Å². The summed E-state index contributed by atoms with van der Waals surface area (Å²) in [5.74, 6) is 0. The Kier molecular flexibility index (Phi) is 6.45. The summed E-state index contributed by atoms with van der Waals surface area (Å²) in [6, 6.07) is 0. The molecule has 0 bridgehead atoms. The van der Waals surface area contributed by atoms with Crippen LogP contribution in [0.1, 0.15) is 33.6 Å². The molecule has 1 fully saturated rings. The van der Waals surface area contributed by atoms with Crippen LogP contribution in [0.3, 0.4) is 0 Å². The number of hydrogen-bond donors (Lipinski definition) is 1. The smallest absolute Gasteiger partial charge is 0.185 e. The summed E-state index contributed by atoms with van der Waals surface area (Å²) in [7, 11) is 0. The molecule has 0 amide bonds. The van der Waals surface area contributed by atoms with Crippen LogP contribution in [0.25, 0.3) is 0 Å². The van der Waals surface area contributed by atoms with Crippen LogP contribution in [0, 0.1) is 5.41 Å². The van der Waals surface area contributed by atoms with Gasteiger partial charge in [0.15, 0.2) is 5.13 Å². The van der Waals surface area contributed by atoms with Gasteiger partial charge in [-0.3, -0.25) is 4.90 Å². The average molecular weight is 311 g/mol. The maximum absolute atomic E-state index is 4.42. The average Bonchev–Trinajstić information content (AvgIpc) is 3.03. The predicted octanol–water partition coefficient (Wildman–Crippen LogP) is 2.68. The number of piperazine rings is 1. The highest BCUT2D eigenvalue weighted by molar-refractivity contribution is 7.13. The molecule has 0 aromatic carbocycles. The summed E-state index contributed by atoms with van der Waals surface area (Å²) in [5.41, 5.74) is 0.387. The molecule has 0 aliphatic carbocycles. The Bertz CT molecular complexity index is 387. The highest BCUT2D eigenvalue weighted by atomic mass is 32.1. The third-order valence-corrected chi connectivity index (χ3v) is 5.33. The van der Waals surface area contributed by atoms with Gasteiger partial charge in [0.2, 0.25) is 0 Å². The van der Waals surface area contributed by atoms with Crippen molar-refractivity contribution in [2.24, 2.45) is 5.41 Å². The highest BCUT2D eigenvalue weighted by Crippen LogP contribution is 2.24. The number of aromatic nitrogens is 1. The number of anilines is 1. The lowest BCUT2D eigenvalue weighted by molar-refractivity contribution is 0.148. The van der Waals surface area contributed by atoms with E-state index in [0.29, 0.717) is 5.41 Å². The van der Waals surface area contributed by atoms with E-state index in [-0.39, 0.29) is 0 Å². The van der Waals surface area contributed by atoms with Crippen molar-refractivity contribution in [3.05, 3.63) is 11.6 Å². The standard InChI is InChI=1S/C16H30N4S/c1-4-6-17-13-16(3,5-2)14-19-8-10-20(11-9-19)15-18-7-12-21-15/h7,12,17H,4-6,8-11,13-14H2,1-3H3. The Balaban J connectivity index is 1.78. The first-order valence-electron chi connectivity index (χ1n) is 8.24. The topological polar surface area (TPSA) is 31.4 Å². The first kappa shape index (κ1) is 16.7. The quantitative estimate of drug-likeness (QED) is 0.748. The lowest BCUT2D eigenvalue weighted by Gasteiger charge is -2.40. The van der Waals surface area contributed by atoms with E-state index in [2.05, 4.69) is 46.3 Å². The molecule has 1 atom stereocenters. The molecule has 4 nitrogen and oxygen atoms in total. The van der Waals surface area contributed by atoms with Gasteiger partial charge in [-0.1, -0.05) is 20.8 Å². The van der Waals surface area contributed by atoms with E-state index < -0.39 is 0 Å². The van der Waals surface area contributed by atoms with Crippen LogP contribution in [0.5, 0.6) is 0 Å². The maximum Gasteiger partial charge on any atom is 0.185 e. The molecule has 1 N–H and O–H groups in total. The number of nitrogens with one attached hydrogen (secondary N) is 1. The number of hydrogen-bond acceptors (Lipinski definition) is 5. The third-order valence-electron chi connectivity index (χ3n) is 4.50. The minimum atomic E-state index is 0.387. The zero-order valence-corrected chi connectivity index (χ0v) is 14.6. The van der Waals surface area contributed by atoms with Crippen LogP contribution in [0.2, 0.25) is 0 Å². The van der Waals surface area contributed by atoms with Crippen LogP contribution in [-0.4, -0.2) is 55.7 Å². The second kappa shape index (κ2) is 8.11. The van der Waals surface area contributed by atoms with E-state index in [1.54, 1.807) is 11.3 Å². The summed E-state index contributed by atoms with van der Waals surface area (Å²) < 4.78 is 0. The number of nitrogens with zero attached hydrogens (tertiary/aromatic N) is 3. The Labute approximate surface area is 133 Å². The molecule has 2 heterocycles. The van der Waals surface area contributed by atoms with Crippen LogP contribution in [0.15, 0.2) is 11.6 Å². The molecule has 1 aromatic heterocycles. The molecule has 0 spiro atoms. The van der Waals surface area contributed by atoms with Crippen molar-refractivity contribution in [1.29, 1.82) is 0 Å². The Hall–Kier alpha value is -0.650. The summed E-state index contributed by atoms with van der Waals surface area (Å²) in [6.45, 7) is 15.0. The second-order valence-electron chi connectivity index (χ2n) is 6.42. The Morgan fingerprint density at radius 2 is 2.05 bits per heavy atom. The van der Waals surface area contributed by atoms with Gasteiger partial charge in [0.25, 0.3) is 0 Å². The van der Waals surface area contributed by atoms with Gasteiger partial charge in [-0.25, -0.2) is 4.98 Å². The molecule has 0 saturated carbocycles. The van der Waals surface area contributed by atoms with Crippen molar-refractivity contribution in [2.75, 3.05) is 50.7 Å². The van der Waals surface area contributed by atoms with Crippen molar-refractivity contribution in [2.45, 2.75) is 33.6 Å². The van der Waals surface area contributed by atoms with Crippen molar-refractivity contribution in [1.82, 2.24) is 15.2 Å². The van der Waals surface area contributed by atoms with Gasteiger partial charge in [-0.15, -0.1) is 11.3 Å². The van der Waals surface area contributed by atoms with Gasteiger partial charge < -0.3 is 10.2 Å². The van der Waals surface area contributed by atoms with E-state index in [0.717, 1.165) is 39.3 Å². The lowest BCUT2D eigenvalue weighted by Crippen LogP contribution is -2.51. The third kappa shape index (κ3) is 4.94. The maximum atomic E-state index is 4.42. The molecule has 120 valence electrons. The van der Waals surface area contributed by atoms with E-state index in [1.165, 1.54) is 24.5 Å². The molecule has 1 aliphatic heterocycles. The molecule has 1 aromatic rings. The zero-order chi connectivity index (χ0) is 15.1. The molecule has 2 rings (SSSR count). The fourth-order valence-corrected chi connectivity index (χ4v) is 3.57. The van der Waals surface area contributed by atoms with Crippen molar-refractivity contribution in [3.8, 4) is 0 Å². The SMILES string of the molecule is CCCNCC(C)(CC)CN1CCN(c2nccs2)CC1. The van der Waals surface area contributed by atoms with Gasteiger partial charge in [0.1, 0.15) is 0 Å². The van der Waals surface area contributed by atoms with E-state index in [4.69, 9.17) is 0 Å². The van der Waals surface area contributed by atoms with E-state index >= 15 is 0 Å². The second-order valence-corrected chi connectivity index (χ2v) is 7.29. The van der Waals surface area contributed by atoms with Gasteiger partial charge in [0, 0.05) is 50.8 Å². The first-order chi connectivity index (χ1) is 10.2. The van der Waals surface area contributed by atoms with Crippen LogP contribution in [-0.2, 0) is 0 Å². The zero-order valence-electron chi connectivity index (χ0n) is 13.8. The summed E-state index contributed by atoms with van der Waals surface area (Å²) in [4.78, 5) is 9.46. The van der Waals surface area contributed by atoms with Crippen LogP contribution in [0.4, 0.5) is 5.13 Å². The van der Waals surface area contributed by atoms with Crippen LogP contribution >= 0.6 is 11.3 Å². The van der Waals surface area contributed by atoms with E-state index in [1.807, 2.05) is 6.20 Å². The van der Waals surface area contributed by atoms with Gasteiger partial charge >= 0.3 is 0 Å². The molecule has 5 heteroatoms. The summed E-state index contributed by atoms with van der Waals surface area (Å²) >= 11 is 1.75. The van der Waals surface area contributed by atoms with Crippen molar-refractivity contribution < 1.29 is 0 Å². The Morgan fingerprint density at radius 1 is 1.29 bits per heavy atom. The molecule has 1 aliphatic rings. The molecular weight excluding hydrogens is 280 g/mol. The normalized spacial score (nSPS) is 19.7. The number of thiazole rings is 1. The van der Waals surface area contributed by atoms with Gasteiger partial charge in [-0.05, 0) is 24.8 Å². The molecular formula is C16H30N4S. The summed E-state index contributed by atoms with van der Waals surface area (Å²) in [5, 5.41) is 6.84. The monoisotopic (exact) mass is 310 g/mol. The lowest BCUT2D eigenvalue weighted by atomic mass is 9.86. The fourth-order valence-electron chi connectivity index (χ4n) is 2.87. The molecule has 21 heavy (non-hydrogen) atoms. The Morgan fingerprint density at radius 3 is 2.62 bits per heavy atom.